The van der Waals surface area contributed by atoms with Crippen molar-refractivity contribution < 1.29 is 9.90 Å². The average Bonchev–Trinajstić information content (AvgIpc) is 2.90. The van der Waals surface area contributed by atoms with Crippen LogP contribution in [0, 0.1) is 0 Å². The Balaban J connectivity index is 2.52. The van der Waals surface area contributed by atoms with Gasteiger partial charge in [-0.3, -0.25) is 4.79 Å². The molecule has 0 amide bonds. The molecule has 0 aromatic heterocycles. The Morgan fingerprint density at radius 2 is 2.00 bits per heavy atom. The van der Waals surface area contributed by atoms with E-state index in [0.29, 0.717) is 28.5 Å². The van der Waals surface area contributed by atoms with Gasteiger partial charge >= 0.3 is 5.97 Å². The van der Waals surface area contributed by atoms with Crippen molar-refractivity contribution in [1.82, 2.24) is 0 Å². The second-order valence-electron chi connectivity index (χ2n) is 3.49. The zero-order valence-electron chi connectivity index (χ0n) is 7.26. The third-order valence-corrected chi connectivity index (χ3v) is 3.45. The fraction of sp³-hybridized carbons (Fsp3) is 0.300. The number of hydrogen-bond donors (Lipinski definition) is 1. The first kappa shape index (κ1) is 9.81. The van der Waals surface area contributed by atoms with E-state index in [2.05, 4.69) is 0 Å². The maximum absolute atomic E-state index is 11.0. The molecule has 0 bridgehead atoms. The van der Waals surface area contributed by atoms with Crippen LogP contribution in [0.2, 0.25) is 10.0 Å². The van der Waals surface area contributed by atoms with E-state index >= 15 is 0 Å². The number of rotatable bonds is 2. The highest BCUT2D eigenvalue weighted by atomic mass is 35.5. The molecule has 74 valence electrons. The van der Waals surface area contributed by atoms with Crippen LogP contribution in [0.15, 0.2) is 18.2 Å². The number of carboxylic acid groups (broad SMARTS) is 1. The molecule has 0 atom stereocenters. The topological polar surface area (TPSA) is 37.3 Å². The lowest BCUT2D eigenvalue weighted by atomic mass is 9.96. The summed E-state index contributed by atoms with van der Waals surface area (Å²) in [5, 5.41) is 9.85. The van der Waals surface area contributed by atoms with E-state index < -0.39 is 11.4 Å². The van der Waals surface area contributed by atoms with E-state index in [9.17, 15) is 4.79 Å². The lowest BCUT2D eigenvalue weighted by molar-refractivity contribution is -0.140. The molecule has 0 spiro atoms. The smallest absolute Gasteiger partial charge is 0.314 e. The van der Waals surface area contributed by atoms with Crippen molar-refractivity contribution in [3.05, 3.63) is 33.8 Å². The largest absolute Gasteiger partial charge is 0.481 e. The molecule has 1 fully saturated rings. The molecule has 0 saturated heterocycles. The summed E-state index contributed by atoms with van der Waals surface area (Å²) >= 11 is 11.8. The zero-order chi connectivity index (χ0) is 10.3. The minimum atomic E-state index is -0.818. The molecule has 4 heteroatoms. The molecule has 1 N–H and O–H groups in total. The number of hydrogen-bond acceptors (Lipinski definition) is 1. The maximum atomic E-state index is 11.0. The fourth-order valence-corrected chi connectivity index (χ4v) is 2.08. The molecule has 0 aliphatic heterocycles. The molecular formula is C10H8Cl2O2. The Labute approximate surface area is 91.4 Å². The summed E-state index contributed by atoms with van der Waals surface area (Å²) in [5.74, 6) is -0.818. The third kappa shape index (κ3) is 1.30. The van der Waals surface area contributed by atoms with Gasteiger partial charge in [-0.1, -0.05) is 35.3 Å². The van der Waals surface area contributed by atoms with E-state index in [4.69, 9.17) is 28.3 Å². The van der Waals surface area contributed by atoms with Gasteiger partial charge in [0.2, 0.25) is 0 Å². The van der Waals surface area contributed by atoms with Crippen molar-refractivity contribution in [2.75, 3.05) is 0 Å². The Hall–Kier alpha value is -0.730. The number of carboxylic acids is 1. The van der Waals surface area contributed by atoms with Gasteiger partial charge in [0.25, 0.3) is 0 Å². The predicted octanol–water partition coefficient (Wildman–Crippen LogP) is 3.11. The molecule has 1 aliphatic carbocycles. The van der Waals surface area contributed by atoms with Crippen molar-refractivity contribution in [3.8, 4) is 0 Å². The summed E-state index contributed by atoms with van der Waals surface area (Å²) in [7, 11) is 0. The van der Waals surface area contributed by atoms with Gasteiger partial charge in [-0.25, -0.2) is 0 Å². The predicted molar refractivity (Wildman–Crippen MR) is 55.0 cm³/mol. The Kier molecular flexibility index (Phi) is 2.20. The molecule has 0 heterocycles. The van der Waals surface area contributed by atoms with E-state index in [1.54, 1.807) is 18.2 Å². The molecule has 1 aromatic carbocycles. The van der Waals surface area contributed by atoms with Gasteiger partial charge in [-0.15, -0.1) is 0 Å². The van der Waals surface area contributed by atoms with Crippen LogP contribution in [0.25, 0.3) is 0 Å². The first-order valence-electron chi connectivity index (χ1n) is 4.26. The van der Waals surface area contributed by atoms with Crippen molar-refractivity contribution in [2.24, 2.45) is 0 Å². The van der Waals surface area contributed by atoms with Crippen LogP contribution in [0.4, 0.5) is 0 Å². The minimum absolute atomic E-state index is 0.370. The highest BCUT2D eigenvalue weighted by molar-refractivity contribution is 6.42. The average molecular weight is 231 g/mol. The first-order valence-corrected chi connectivity index (χ1v) is 5.01. The van der Waals surface area contributed by atoms with Crippen molar-refractivity contribution in [3.63, 3.8) is 0 Å². The number of carbonyl (C=O) groups is 1. The van der Waals surface area contributed by atoms with Gasteiger partial charge in [0.1, 0.15) is 0 Å². The molecular weight excluding hydrogens is 223 g/mol. The maximum Gasteiger partial charge on any atom is 0.314 e. The molecule has 2 nitrogen and oxygen atoms in total. The highest BCUT2D eigenvalue weighted by Gasteiger charge is 2.52. The molecule has 1 aliphatic rings. The fourth-order valence-electron chi connectivity index (χ4n) is 1.60. The van der Waals surface area contributed by atoms with Crippen molar-refractivity contribution in [1.29, 1.82) is 0 Å². The van der Waals surface area contributed by atoms with Crippen LogP contribution >= 0.6 is 23.2 Å². The van der Waals surface area contributed by atoms with Crippen LogP contribution in [0.1, 0.15) is 18.4 Å². The standard InChI is InChI=1S/C10H8Cl2O2/c11-7-3-1-2-6(8(7)12)10(4-5-10)9(13)14/h1-3H,4-5H2,(H,13,14). The van der Waals surface area contributed by atoms with Crippen LogP contribution in [0.3, 0.4) is 0 Å². The summed E-state index contributed by atoms with van der Waals surface area (Å²) in [6.45, 7) is 0. The summed E-state index contributed by atoms with van der Waals surface area (Å²) in [6.07, 6.45) is 1.28. The van der Waals surface area contributed by atoms with Gasteiger partial charge in [0, 0.05) is 0 Å². The lowest BCUT2D eigenvalue weighted by Gasteiger charge is -2.12. The van der Waals surface area contributed by atoms with Crippen LogP contribution in [0.5, 0.6) is 0 Å². The van der Waals surface area contributed by atoms with Gasteiger partial charge in [-0.05, 0) is 24.5 Å². The van der Waals surface area contributed by atoms with Crippen molar-refractivity contribution >= 4 is 29.2 Å². The quantitative estimate of drug-likeness (QED) is 0.848. The number of halogens is 2. The van der Waals surface area contributed by atoms with E-state index in [-0.39, 0.29) is 0 Å². The van der Waals surface area contributed by atoms with Crippen molar-refractivity contribution in [2.45, 2.75) is 18.3 Å². The Morgan fingerprint density at radius 3 is 2.50 bits per heavy atom. The van der Waals surface area contributed by atoms with Gasteiger partial charge in [-0.2, -0.15) is 0 Å². The monoisotopic (exact) mass is 230 g/mol. The summed E-state index contributed by atoms with van der Waals surface area (Å²) in [4.78, 5) is 11.0. The van der Waals surface area contributed by atoms with E-state index in [1.165, 1.54) is 0 Å². The van der Waals surface area contributed by atoms with E-state index in [1.807, 2.05) is 0 Å². The Morgan fingerprint density at radius 1 is 1.36 bits per heavy atom. The van der Waals surface area contributed by atoms with Crippen LogP contribution in [-0.2, 0) is 10.2 Å². The van der Waals surface area contributed by atoms with Gasteiger partial charge in [0.15, 0.2) is 0 Å². The summed E-state index contributed by atoms with van der Waals surface area (Å²) in [6, 6.07) is 5.12. The zero-order valence-corrected chi connectivity index (χ0v) is 8.77. The number of aliphatic carboxylic acids is 1. The Bertz CT molecular complexity index is 397. The van der Waals surface area contributed by atoms with Gasteiger partial charge < -0.3 is 5.11 Å². The molecule has 1 saturated carbocycles. The summed E-state index contributed by atoms with van der Waals surface area (Å²) < 4.78 is 0. The number of benzene rings is 1. The lowest BCUT2D eigenvalue weighted by Crippen LogP contribution is -2.19. The molecule has 0 radical (unpaired) electrons. The van der Waals surface area contributed by atoms with Gasteiger partial charge in [0.05, 0.1) is 15.5 Å². The second-order valence-corrected chi connectivity index (χ2v) is 4.27. The molecule has 0 unspecified atom stereocenters. The van der Waals surface area contributed by atoms with Crippen LogP contribution < -0.4 is 0 Å². The molecule has 14 heavy (non-hydrogen) atoms. The SMILES string of the molecule is O=C(O)C1(c2cccc(Cl)c2Cl)CC1. The van der Waals surface area contributed by atoms with E-state index in [0.717, 1.165) is 0 Å². The molecule has 1 aromatic rings. The summed E-state index contributed by atoms with van der Waals surface area (Å²) in [5.41, 5.74) is -0.138. The minimum Gasteiger partial charge on any atom is -0.481 e. The highest BCUT2D eigenvalue weighted by Crippen LogP contribution is 2.51. The van der Waals surface area contributed by atoms with Crippen LogP contribution in [-0.4, -0.2) is 11.1 Å². The normalized spacial score (nSPS) is 17.9. The first-order chi connectivity index (χ1) is 6.58. The second kappa shape index (κ2) is 3.14. The third-order valence-electron chi connectivity index (χ3n) is 2.63. The molecule has 2 rings (SSSR count).